The predicted octanol–water partition coefficient (Wildman–Crippen LogP) is 4.59. The first-order valence-electron chi connectivity index (χ1n) is 6.67. The first-order valence-corrected chi connectivity index (χ1v) is 7.49. The molecule has 0 spiro atoms. The molecule has 1 aromatic heterocycles. The van der Waals surface area contributed by atoms with Gasteiger partial charge in [-0.3, -0.25) is 9.69 Å². The van der Waals surface area contributed by atoms with Crippen LogP contribution in [0.25, 0.3) is 10.2 Å². The number of thiazole rings is 1. The molecular formula is C16H11F3N2OS. The summed E-state index contributed by atoms with van der Waals surface area (Å²) in [7, 11) is 1.50. The van der Waals surface area contributed by atoms with Crippen LogP contribution in [-0.4, -0.2) is 17.9 Å². The number of rotatable bonds is 2. The third-order valence-electron chi connectivity index (χ3n) is 3.31. The van der Waals surface area contributed by atoms with Crippen molar-refractivity contribution in [1.29, 1.82) is 0 Å². The van der Waals surface area contributed by atoms with Crippen molar-refractivity contribution in [2.45, 2.75) is 6.18 Å². The zero-order valence-corrected chi connectivity index (χ0v) is 12.8. The third kappa shape index (κ3) is 3.05. The van der Waals surface area contributed by atoms with Crippen molar-refractivity contribution >= 4 is 32.6 Å². The molecule has 3 rings (SSSR count). The van der Waals surface area contributed by atoms with E-state index in [9.17, 15) is 18.0 Å². The molecule has 0 saturated carbocycles. The molecule has 0 radical (unpaired) electrons. The zero-order chi connectivity index (χ0) is 16.6. The van der Waals surface area contributed by atoms with Crippen molar-refractivity contribution in [1.82, 2.24) is 4.98 Å². The molecule has 3 nitrogen and oxygen atoms in total. The highest BCUT2D eigenvalue weighted by Gasteiger charge is 2.31. The third-order valence-corrected chi connectivity index (χ3v) is 4.42. The number of hydrogen-bond acceptors (Lipinski definition) is 3. The fraction of sp³-hybridized carbons (Fsp3) is 0.125. The summed E-state index contributed by atoms with van der Waals surface area (Å²) in [5.74, 6) is -0.532. The Labute approximate surface area is 134 Å². The van der Waals surface area contributed by atoms with Gasteiger partial charge in [0.2, 0.25) is 0 Å². The summed E-state index contributed by atoms with van der Waals surface area (Å²) in [5, 5.41) is 0.439. The number of benzene rings is 2. The minimum absolute atomic E-state index is 0.0263. The van der Waals surface area contributed by atoms with E-state index in [1.807, 2.05) is 24.3 Å². The molecule has 0 saturated heterocycles. The summed E-state index contributed by atoms with van der Waals surface area (Å²) >= 11 is 1.31. The first-order chi connectivity index (χ1) is 10.9. The van der Waals surface area contributed by atoms with E-state index in [-0.39, 0.29) is 5.56 Å². The van der Waals surface area contributed by atoms with Gasteiger partial charge in [0.25, 0.3) is 5.91 Å². The second-order valence-electron chi connectivity index (χ2n) is 4.91. The standard InChI is InChI=1S/C16H11F3N2OS/c1-21(15-20-12-7-2-3-8-13(12)23-15)14(22)10-5-4-6-11(9-10)16(17,18)19/h2-9H,1H3. The van der Waals surface area contributed by atoms with Crippen LogP contribution in [0.3, 0.4) is 0 Å². The van der Waals surface area contributed by atoms with Crippen LogP contribution in [0.5, 0.6) is 0 Å². The number of halogens is 3. The Bertz CT molecular complexity index is 840. The van der Waals surface area contributed by atoms with Crippen LogP contribution >= 0.6 is 11.3 Å². The van der Waals surface area contributed by atoms with E-state index in [1.54, 1.807) is 0 Å². The lowest BCUT2D eigenvalue weighted by molar-refractivity contribution is -0.137. The first kappa shape index (κ1) is 15.5. The fourth-order valence-electron chi connectivity index (χ4n) is 2.11. The number of aromatic nitrogens is 1. The van der Waals surface area contributed by atoms with Crippen LogP contribution < -0.4 is 4.90 Å². The van der Waals surface area contributed by atoms with Crippen molar-refractivity contribution in [3.63, 3.8) is 0 Å². The van der Waals surface area contributed by atoms with E-state index in [1.165, 1.54) is 35.4 Å². The van der Waals surface area contributed by atoms with Gasteiger partial charge in [-0.1, -0.05) is 29.5 Å². The van der Waals surface area contributed by atoms with Crippen LogP contribution in [0.15, 0.2) is 48.5 Å². The number of carbonyl (C=O) groups excluding carboxylic acids is 1. The molecule has 0 N–H and O–H groups in total. The Kier molecular flexibility index (Phi) is 3.81. The van der Waals surface area contributed by atoms with Gasteiger partial charge in [-0.15, -0.1) is 0 Å². The van der Waals surface area contributed by atoms with Gasteiger partial charge < -0.3 is 0 Å². The molecule has 0 aliphatic rings. The molecule has 3 aromatic rings. The van der Waals surface area contributed by atoms with Crippen LogP contribution in [0, 0.1) is 0 Å². The summed E-state index contributed by atoms with van der Waals surface area (Å²) in [5.41, 5.74) is -0.126. The van der Waals surface area contributed by atoms with Crippen molar-refractivity contribution in [2.24, 2.45) is 0 Å². The molecule has 7 heteroatoms. The Hall–Kier alpha value is -2.41. The number of carbonyl (C=O) groups is 1. The predicted molar refractivity (Wildman–Crippen MR) is 83.8 cm³/mol. The van der Waals surface area contributed by atoms with E-state index in [2.05, 4.69) is 4.98 Å². The minimum atomic E-state index is -4.48. The van der Waals surface area contributed by atoms with Crippen molar-refractivity contribution in [2.75, 3.05) is 11.9 Å². The number of alkyl halides is 3. The van der Waals surface area contributed by atoms with Crippen molar-refractivity contribution in [3.8, 4) is 0 Å². The maximum Gasteiger partial charge on any atom is 0.416 e. The fourth-order valence-corrected chi connectivity index (χ4v) is 3.04. The van der Waals surface area contributed by atoms with Gasteiger partial charge in [0.05, 0.1) is 15.8 Å². The zero-order valence-electron chi connectivity index (χ0n) is 12.0. The summed E-state index contributed by atoms with van der Waals surface area (Å²) in [6.07, 6.45) is -4.48. The Morgan fingerprint density at radius 2 is 1.87 bits per heavy atom. The van der Waals surface area contributed by atoms with Gasteiger partial charge in [-0.2, -0.15) is 13.2 Å². The van der Waals surface area contributed by atoms with Gasteiger partial charge in [-0.05, 0) is 30.3 Å². The molecule has 0 aliphatic heterocycles. The van der Waals surface area contributed by atoms with Crippen LogP contribution in [0.1, 0.15) is 15.9 Å². The molecule has 0 aliphatic carbocycles. The maximum atomic E-state index is 12.8. The quantitative estimate of drug-likeness (QED) is 0.686. The second-order valence-corrected chi connectivity index (χ2v) is 5.92. The lowest BCUT2D eigenvalue weighted by Gasteiger charge is -2.15. The maximum absolute atomic E-state index is 12.8. The molecule has 0 bridgehead atoms. The molecule has 1 heterocycles. The van der Waals surface area contributed by atoms with Gasteiger partial charge in [0.1, 0.15) is 0 Å². The smallest absolute Gasteiger partial charge is 0.287 e. The average Bonchev–Trinajstić information content (AvgIpc) is 2.97. The number of nitrogens with zero attached hydrogens (tertiary/aromatic N) is 2. The number of anilines is 1. The molecule has 2 aromatic carbocycles. The minimum Gasteiger partial charge on any atom is -0.287 e. The number of hydrogen-bond donors (Lipinski definition) is 0. The lowest BCUT2D eigenvalue weighted by Crippen LogP contribution is -2.26. The van der Waals surface area contributed by atoms with E-state index in [0.29, 0.717) is 5.13 Å². The highest BCUT2D eigenvalue weighted by molar-refractivity contribution is 7.22. The van der Waals surface area contributed by atoms with E-state index in [0.717, 1.165) is 22.3 Å². The van der Waals surface area contributed by atoms with Crippen molar-refractivity contribution < 1.29 is 18.0 Å². The highest BCUT2D eigenvalue weighted by atomic mass is 32.1. The number of para-hydroxylation sites is 1. The molecule has 0 unspecified atom stereocenters. The topological polar surface area (TPSA) is 33.2 Å². The average molecular weight is 336 g/mol. The summed E-state index contributed by atoms with van der Waals surface area (Å²) < 4.78 is 39.2. The lowest BCUT2D eigenvalue weighted by atomic mass is 10.1. The molecule has 0 fully saturated rings. The van der Waals surface area contributed by atoms with Gasteiger partial charge in [-0.25, -0.2) is 4.98 Å². The number of amides is 1. The monoisotopic (exact) mass is 336 g/mol. The van der Waals surface area contributed by atoms with E-state index < -0.39 is 17.6 Å². The second kappa shape index (κ2) is 5.66. The normalized spacial score (nSPS) is 11.7. The summed E-state index contributed by atoms with van der Waals surface area (Å²) in [6.45, 7) is 0. The molecule has 23 heavy (non-hydrogen) atoms. The summed E-state index contributed by atoms with van der Waals surface area (Å²) in [6, 6.07) is 11.8. The summed E-state index contributed by atoms with van der Waals surface area (Å²) in [4.78, 5) is 18.0. The van der Waals surface area contributed by atoms with Crippen molar-refractivity contribution in [3.05, 3.63) is 59.7 Å². The van der Waals surface area contributed by atoms with Crippen LogP contribution in [-0.2, 0) is 6.18 Å². The van der Waals surface area contributed by atoms with Gasteiger partial charge in [0, 0.05) is 12.6 Å². The molecule has 1 amide bonds. The molecular weight excluding hydrogens is 325 g/mol. The SMILES string of the molecule is CN(C(=O)c1cccc(C(F)(F)F)c1)c1nc2ccccc2s1. The van der Waals surface area contributed by atoms with E-state index in [4.69, 9.17) is 0 Å². The van der Waals surface area contributed by atoms with Crippen LogP contribution in [0.2, 0.25) is 0 Å². The largest absolute Gasteiger partial charge is 0.416 e. The van der Waals surface area contributed by atoms with Gasteiger partial charge >= 0.3 is 6.18 Å². The number of fused-ring (bicyclic) bond motifs is 1. The molecule has 118 valence electrons. The van der Waals surface area contributed by atoms with E-state index >= 15 is 0 Å². The Balaban J connectivity index is 1.93. The van der Waals surface area contributed by atoms with Gasteiger partial charge in [0.15, 0.2) is 5.13 Å². The Morgan fingerprint density at radius 1 is 1.13 bits per heavy atom. The Morgan fingerprint density at radius 3 is 2.57 bits per heavy atom. The van der Waals surface area contributed by atoms with Crippen LogP contribution in [0.4, 0.5) is 18.3 Å². The molecule has 0 atom stereocenters. The highest BCUT2D eigenvalue weighted by Crippen LogP contribution is 2.31.